The van der Waals surface area contributed by atoms with E-state index in [2.05, 4.69) is 26.3 Å². The summed E-state index contributed by atoms with van der Waals surface area (Å²) in [4.78, 5) is 36.3. The third-order valence-electron chi connectivity index (χ3n) is 5.05. The van der Waals surface area contributed by atoms with E-state index in [-0.39, 0.29) is 18.0 Å². The van der Waals surface area contributed by atoms with Crippen molar-refractivity contribution in [3.63, 3.8) is 0 Å². The number of piperidine rings is 1. The van der Waals surface area contributed by atoms with Gasteiger partial charge in [0.2, 0.25) is 0 Å². The van der Waals surface area contributed by atoms with Gasteiger partial charge in [0.15, 0.2) is 4.96 Å². The van der Waals surface area contributed by atoms with E-state index < -0.39 is 11.5 Å². The molecule has 4 heterocycles. The Bertz CT molecular complexity index is 1110. The minimum Gasteiger partial charge on any atom is -0.346 e. The van der Waals surface area contributed by atoms with Crippen LogP contribution < -0.4 is 10.9 Å². The van der Waals surface area contributed by atoms with Gasteiger partial charge in [0.1, 0.15) is 5.56 Å². The highest BCUT2D eigenvalue weighted by atomic mass is 32.1. The molecule has 9 heteroatoms. The highest BCUT2D eigenvalue weighted by Gasteiger charge is 2.20. The number of carbonyl (C=O) groups is 1. The van der Waals surface area contributed by atoms with Crippen LogP contribution in [0.15, 0.2) is 29.3 Å². The van der Waals surface area contributed by atoms with E-state index in [1.165, 1.54) is 4.88 Å². The molecule has 1 aliphatic heterocycles. The molecule has 4 rings (SSSR count). The van der Waals surface area contributed by atoms with Crippen molar-refractivity contribution < 1.29 is 4.79 Å². The van der Waals surface area contributed by atoms with Gasteiger partial charge in [0.25, 0.3) is 11.5 Å². The van der Waals surface area contributed by atoms with Crippen LogP contribution >= 0.6 is 11.3 Å². The van der Waals surface area contributed by atoms with E-state index >= 15 is 0 Å². The maximum atomic E-state index is 12.4. The average molecular weight is 411 g/mol. The van der Waals surface area contributed by atoms with Crippen LogP contribution in [-0.4, -0.2) is 38.3 Å². The Morgan fingerprint density at radius 3 is 3.07 bits per heavy atom. The molecule has 3 aromatic heterocycles. The van der Waals surface area contributed by atoms with Crippen molar-refractivity contribution in [1.29, 1.82) is 5.26 Å². The van der Waals surface area contributed by atoms with Gasteiger partial charge in [-0.25, -0.2) is 4.98 Å². The quantitative estimate of drug-likeness (QED) is 0.670. The molecular weight excluding hydrogens is 388 g/mol. The zero-order valence-corrected chi connectivity index (χ0v) is 17.0. The predicted octanol–water partition coefficient (Wildman–Crippen LogP) is 2.06. The largest absolute Gasteiger partial charge is 0.346 e. The molecule has 1 fully saturated rings. The summed E-state index contributed by atoms with van der Waals surface area (Å²) in [5.74, 6) is -0.379. The van der Waals surface area contributed by atoms with E-state index in [0.717, 1.165) is 35.7 Å². The van der Waals surface area contributed by atoms with E-state index in [1.54, 1.807) is 23.5 Å². The number of aryl methyl sites for hydroxylation is 1. The molecule has 1 amide bonds. The van der Waals surface area contributed by atoms with E-state index in [9.17, 15) is 9.59 Å². The topological polar surface area (TPSA) is 106 Å². The molecule has 1 aliphatic rings. The number of hydrogen-bond donors (Lipinski definition) is 2. The minimum atomic E-state index is -0.423. The van der Waals surface area contributed by atoms with Gasteiger partial charge in [-0.3, -0.25) is 18.9 Å². The third kappa shape index (κ3) is 4.39. The Balaban J connectivity index is 1.37. The van der Waals surface area contributed by atoms with Gasteiger partial charge in [-0.15, -0.1) is 11.3 Å². The van der Waals surface area contributed by atoms with Gasteiger partial charge in [-0.05, 0) is 38.4 Å². The fourth-order valence-electron chi connectivity index (χ4n) is 3.64. The summed E-state index contributed by atoms with van der Waals surface area (Å²) in [5.41, 5.74) is 1.17. The monoisotopic (exact) mass is 410 g/mol. The average Bonchev–Trinajstić information content (AvgIpc) is 3.23. The molecule has 0 bridgehead atoms. The first-order valence-corrected chi connectivity index (χ1v) is 10.4. The minimum absolute atomic E-state index is 0.0441. The van der Waals surface area contributed by atoms with Crippen LogP contribution in [0, 0.1) is 24.2 Å². The SMILES string of the molecule is Cc1cn2cc(CNC(=O)c3ccc(CN4CCC[C@@H](C#N)C4)[nH]c3=O)nc2s1. The molecule has 150 valence electrons. The lowest BCUT2D eigenvalue weighted by Gasteiger charge is -2.29. The van der Waals surface area contributed by atoms with Crippen molar-refractivity contribution in [2.45, 2.75) is 32.9 Å². The zero-order chi connectivity index (χ0) is 20.4. The van der Waals surface area contributed by atoms with Crippen LogP contribution in [0.3, 0.4) is 0 Å². The standard InChI is InChI=1S/C20H22N6O2S/c1-13-9-26-12-16(24-20(26)29-13)8-22-18(27)17-5-4-15(23-19(17)28)11-25-6-2-3-14(7-21)10-25/h4-5,9,12,14H,2-3,6,8,10-11H2,1H3,(H,22,27)(H,23,28)/t14-/m0/s1. The number of rotatable bonds is 5. The predicted molar refractivity (Wildman–Crippen MR) is 110 cm³/mol. The number of imidazole rings is 1. The van der Waals surface area contributed by atoms with E-state index in [1.807, 2.05) is 23.7 Å². The number of hydrogen-bond acceptors (Lipinski definition) is 6. The van der Waals surface area contributed by atoms with E-state index in [4.69, 9.17) is 5.26 Å². The summed E-state index contributed by atoms with van der Waals surface area (Å²) in [6.45, 7) is 4.47. The summed E-state index contributed by atoms with van der Waals surface area (Å²) in [5, 5.41) is 11.9. The number of carbonyl (C=O) groups excluding carboxylic acids is 1. The Morgan fingerprint density at radius 2 is 2.31 bits per heavy atom. The lowest BCUT2D eigenvalue weighted by Crippen LogP contribution is -2.35. The van der Waals surface area contributed by atoms with Crippen LogP contribution in [0.1, 0.15) is 39.5 Å². The molecule has 8 nitrogen and oxygen atoms in total. The van der Waals surface area contributed by atoms with Crippen LogP contribution in [0.5, 0.6) is 0 Å². The Hall–Kier alpha value is -2.96. The van der Waals surface area contributed by atoms with Crippen molar-refractivity contribution in [2.75, 3.05) is 13.1 Å². The molecule has 1 saturated heterocycles. The molecule has 29 heavy (non-hydrogen) atoms. The number of thiazole rings is 1. The second kappa shape index (κ2) is 8.19. The van der Waals surface area contributed by atoms with Gasteiger partial charge in [0.05, 0.1) is 24.2 Å². The molecule has 0 unspecified atom stereocenters. The number of aromatic nitrogens is 3. The highest BCUT2D eigenvalue weighted by molar-refractivity contribution is 7.16. The summed E-state index contributed by atoms with van der Waals surface area (Å²) >= 11 is 1.59. The second-order valence-electron chi connectivity index (χ2n) is 7.38. The van der Waals surface area contributed by atoms with Crippen LogP contribution in [0.4, 0.5) is 0 Å². The molecule has 0 saturated carbocycles. The number of nitrogens with zero attached hydrogens (tertiary/aromatic N) is 4. The van der Waals surface area contributed by atoms with Gasteiger partial charge in [0, 0.05) is 36.1 Å². The maximum absolute atomic E-state index is 12.4. The number of aromatic amines is 1. The fourth-order valence-corrected chi connectivity index (χ4v) is 4.47. The summed E-state index contributed by atoms with van der Waals surface area (Å²) in [7, 11) is 0. The number of fused-ring (bicyclic) bond motifs is 1. The number of pyridine rings is 1. The summed E-state index contributed by atoms with van der Waals surface area (Å²) < 4.78 is 1.93. The Kier molecular flexibility index (Phi) is 5.47. The normalized spacial score (nSPS) is 17.3. The Morgan fingerprint density at radius 1 is 1.45 bits per heavy atom. The first-order chi connectivity index (χ1) is 14.0. The fraction of sp³-hybridized carbons (Fsp3) is 0.400. The lowest BCUT2D eigenvalue weighted by molar-refractivity contribution is 0.0949. The molecule has 0 radical (unpaired) electrons. The van der Waals surface area contributed by atoms with Crippen molar-refractivity contribution in [2.24, 2.45) is 5.92 Å². The highest BCUT2D eigenvalue weighted by Crippen LogP contribution is 2.18. The van der Waals surface area contributed by atoms with Crippen molar-refractivity contribution >= 4 is 22.2 Å². The lowest BCUT2D eigenvalue weighted by atomic mass is 9.99. The first-order valence-electron chi connectivity index (χ1n) is 9.58. The van der Waals surface area contributed by atoms with Crippen LogP contribution in [0.25, 0.3) is 4.96 Å². The van der Waals surface area contributed by atoms with Gasteiger partial charge in [-0.1, -0.05) is 0 Å². The molecule has 1 atom stereocenters. The molecule has 0 aliphatic carbocycles. The second-order valence-corrected chi connectivity index (χ2v) is 8.59. The first kappa shape index (κ1) is 19.4. The summed E-state index contributed by atoms with van der Waals surface area (Å²) in [6, 6.07) is 5.64. The number of nitriles is 1. The molecule has 3 aromatic rings. The molecule has 0 aromatic carbocycles. The van der Waals surface area contributed by atoms with Crippen molar-refractivity contribution in [3.8, 4) is 6.07 Å². The van der Waals surface area contributed by atoms with Gasteiger partial charge >= 0.3 is 0 Å². The zero-order valence-electron chi connectivity index (χ0n) is 16.1. The van der Waals surface area contributed by atoms with Crippen molar-refractivity contribution in [3.05, 3.63) is 56.7 Å². The number of nitrogens with one attached hydrogen (secondary N) is 2. The van der Waals surface area contributed by atoms with E-state index in [0.29, 0.717) is 13.1 Å². The number of amides is 1. The van der Waals surface area contributed by atoms with Gasteiger partial charge in [-0.2, -0.15) is 5.26 Å². The maximum Gasteiger partial charge on any atom is 0.261 e. The summed E-state index contributed by atoms with van der Waals surface area (Å²) in [6.07, 6.45) is 5.77. The third-order valence-corrected chi connectivity index (χ3v) is 5.96. The smallest absolute Gasteiger partial charge is 0.261 e. The molecular formula is C20H22N6O2S. The Labute approximate surface area is 171 Å². The van der Waals surface area contributed by atoms with Gasteiger partial charge < -0.3 is 10.3 Å². The molecule has 0 spiro atoms. The number of likely N-dealkylation sites (tertiary alicyclic amines) is 1. The van der Waals surface area contributed by atoms with Crippen LogP contribution in [-0.2, 0) is 13.1 Å². The van der Waals surface area contributed by atoms with Crippen molar-refractivity contribution in [1.82, 2.24) is 24.6 Å². The van der Waals surface area contributed by atoms with Crippen LogP contribution in [0.2, 0.25) is 0 Å². The number of H-pyrrole nitrogens is 1. The molecule has 2 N–H and O–H groups in total.